The first-order valence-corrected chi connectivity index (χ1v) is 10.9. The summed E-state index contributed by atoms with van der Waals surface area (Å²) in [6.07, 6.45) is 2.88. The van der Waals surface area contributed by atoms with Gasteiger partial charge in [0.1, 0.15) is 5.75 Å². The molecule has 0 saturated heterocycles. The monoisotopic (exact) mass is 451 g/mol. The molecule has 0 aliphatic carbocycles. The van der Waals surface area contributed by atoms with Crippen molar-refractivity contribution < 1.29 is 20.1 Å². The molecule has 0 fully saturated rings. The molecule has 1 aromatic heterocycles. The van der Waals surface area contributed by atoms with E-state index in [1.54, 1.807) is 48.6 Å². The third-order valence-electron chi connectivity index (χ3n) is 5.15. The molecule has 2 atom stereocenters. The molecule has 0 aliphatic rings. The molecule has 0 aliphatic heterocycles. The first kappa shape index (κ1) is 26.0. The summed E-state index contributed by atoms with van der Waals surface area (Å²) in [7, 11) is 1.77. The fourth-order valence-electron chi connectivity index (χ4n) is 3.33. The summed E-state index contributed by atoms with van der Waals surface area (Å²) in [6.45, 7) is 3.38. The van der Waals surface area contributed by atoms with Gasteiger partial charge in [0.05, 0.1) is 18.6 Å². The van der Waals surface area contributed by atoms with Crippen LogP contribution in [0.15, 0.2) is 79.1 Å². The molecule has 4 N–H and O–H groups in total. The lowest BCUT2D eigenvalue weighted by molar-refractivity contribution is -0.134. The quantitative estimate of drug-likeness (QED) is 0.399. The molecule has 176 valence electrons. The Morgan fingerprint density at radius 1 is 1.03 bits per heavy atom. The Morgan fingerprint density at radius 2 is 1.70 bits per heavy atom. The van der Waals surface area contributed by atoms with E-state index in [4.69, 9.17) is 5.11 Å². The van der Waals surface area contributed by atoms with E-state index in [2.05, 4.69) is 10.3 Å². The highest BCUT2D eigenvalue weighted by Crippen LogP contribution is 2.19. The number of phenols is 1. The number of aromatic hydroxyl groups is 1. The van der Waals surface area contributed by atoms with Crippen LogP contribution < -0.4 is 5.32 Å². The highest BCUT2D eigenvalue weighted by atomic mass is 16.3. The predicted molar refractivity (Wildman–Crippen MR) is 129 cm³/mol. The van der Waals surface area contributed by atoms with Crippen molar-refractivity contribution in [2.75, 3.05) is 26.7 Å². The number of amides is 1. The van der Waals surface area contributed by atoms with Gasteiger partial charge in [-0.3, -0.25) is 9.78 Å². The number of carbonyl (C=O) groups excluding carboxylic acids is 1. The van der Waals surface area contributed by atoms with Gasteiger partial charge in [0.2, 0.25) is 5.91 Å². The van der Waals surface area contributed by atoms with Crippen LogP contribution in [0, 0.1) is 0 Å². The van der Waals surface area contributed by atoms with Gasteiger partial charge in [0.15, 0.2) is 0 Å². The number of hydrogen-bond acceptors (Lipinski definition) is 6. The van der Waals surface area contributed by atoms with Crippen LogP contribution >= 0.6 is 0 Å². The molecule has 2 aromatic carbocycles. The Kier molecular flexibility index (Phi) is 11.0. The van der Waals surface area contributed by atoms with Crippen molar-refractivity contribution in [1.29, 1.82) is 0 Å². The summed E-state index contributed by atoms with van der Waals surface area (Å²) < 4.78 is 0. The number of aromatic nitrogens is 1. The molecule has 0 radical (unpaired) electrons. The summed E-state index contributed by atoms with van der Waals surface area (Å²) in [5, 5.41) is 31.0. The highest BCUT2D eigenvalue weighted by Gasteiger charge is 2.24. The van der Waals surface area contributed by atoms with Crippen molar-refractivity contribution in [3.8, 4) is 5.75 Å². The van der Waals surface area contributed by atoms with Crippen molar-refractivity contribution in [3.63, 3.8) is 0 Å². The fraction of sp³-hybridized carbons (Fsp3) is 0.308. The Bertz CT molecular complexity index is 954. The van der Waals surface area contributed by atoms with Gasteiger partial charge in [-0.1, -0.05) is 42.5 Å². The Balaban J connectivity index is 0.000000273. The van der Waals surface area contributed by atoms with Crippen molar-refractivity contribution in [2.45, 2.75) is 25.5 Å². The van der Waals surface area contributed by atoms with Gasteiger partial charge in [0, 0.05) is 32.0 Å². The summed E-state index contributed by atoms with van der Waals surface area (Å²) >= 11 is 0. The number of nitrogens with one attached hydrogen (secondary N) is 1. The maximum Gasteiger partial charge on any atom is 0.232 e. The zero-order valence-corrected chi connectivity index (χ0v) is 19.1. The van der Waals surface area contributed by atoms with E-state index in [1.165, 1.54) is 0 Å². The lowest BCUT2D eigenvalue weighted by atomic mass is 9.98. The van der Waals surface area contributed by atoms with E-state index in [-0.39, 0.29) is 18.3 Å². The number of likely N-dealkylation sites (N-methyl/N-ethyl adjacent to an activating group) is 2. The first-order valence-electron chi connectivity index (χ1n) is 10.9. The average molecular weight is 452 g/mol. The number of hydrogen-bond donors (Lipinski definition) is 4. The Hall–Kier alpha value is -3.26. The van der Waals surface area contributed by atoms with E-state index in [9.17, 15) is 15.0 Å². The summed E-state index contributed by atoms with van der Waals surface area (Å²) in [5.41, 5.74) is 2.60. The molecule has 0 saturated carbocycles. The van der Waals surface area contributed by atoms with Crippen molar-refractivity contribution in [1.82, 2.24) is 15.2 Å². The standard InChI is InChI=1S/C17H20N2O2.C9H13NO2/c1-2-19(12-14-8-10-18-11-9-14)17(21)16(13-20)15-6-4-3-5-7-15;1-10-6-9(12)7-3-2-4-8(11)5-7/h3-11,16,20H,2,12-13H2,1H3;2-5,9-12H,6H2,1H3/t;9-/m.0/s1. The van der Waals surface area contributed by atoms with Gasteiger partial charge in [-0.25, -0.2) is 0 Å². The lowest BCUT2D eigenvalue weighted by Gasteiger charge is -2.25. The van der Waals surface area contributed by atoms with Crippen LogP contribution in [0.4, 0.5) is 0 Å². The van der Waals surface area contributed by atoms with Crippen LogP contribution in [0.3, 0.4) is 0 Å². The number of rotatable bonds is 9. The average Bonchev–Trinajstić information content (AvgIpc) is 2.85. The number of aliphatic hydroxyl groups excluding tert-OH is 2. The second-order valence-corrected chi connectivity index (χ2v) is 7.52. The van der Waals surface area contributed by atoms with E-state index >= 15 is 0 Å². The van der Waals surface area contributed by atoms with Gasteiger partial charge in [0.25, 0.3) is 0 Å². The third kappa shape index (κ3) is 8.31. The second kappa shape index (κ2) is 14.0. The molecule has 0 spiro atoms. The molecule has 3 rings (SSSR count). The molecule has 33 heavy (non-hydrogen) atoms. The van der Waals surface area contributed by atoms with Crippen LogP contribution in [-0.4, -0.2) is 57.9 Å². The SMILES string of the molecule is CCN(Cc1ccncc1)C(=O)C(CO)c1ccccc1.CNC[C@H](O)c1cccc(O)c1. The van der Waals surface area contributed by atoms with Crippen LogP contribution in [0.5, 0.6) is 5.75 Å². The first-order chi connectivity index (χ1) is 16.0. The smallest absolute Gasteiger partial charge is 0.232 e. The van der Waals surface area contributed by atoms with E-state index < -0.39 is 12.0 Å². The Morgan fingerprint density at radius 3 is 2.27 bits per heavy atom. The maximum atomic E-state index is 12.7. The number of benzene rings is 2. The number of phenolic OH excluding ortho intramolecular Hbond substituents is 1. The summed E-state index contributed by atoms with van der Waals surface area (Å²) in [6, 6.07) is 19.8. The lowest BCUT2D eigenvalue weighted by Crippen LogP contribution is -2.36. The topological polar surface area (TPSA) is 106 Å². The normalized spacial score (nSPS) is 12.2. The van der Waals surface area contributed by atoms with Crippen LogP contribution in [0.1, 0.15) is 35.6 Å². The van der Waals surface area contributed by atoms with Gasteiger partial charge in [-0.15, -0.1) is 0 Å². The van der Waals surface area contributed by atoms with Crippen LogP contribution in [0.2, 0.25) is 0 Å². The van der Waals surface area contributed by atoms with Crippen molar-refractivity contribution >= 4 is 5.91 Å². The molecular formula is C26H33N3O4. The molecule has 7 heteroatoms. The van der Waals surface area contributed by atoms with Crippen molar-refractivity contribution in [2.24, 2.45) is 0 Å². The fourth-order valence-corrected chi connectivity index (χ4v) is 3.33. The van der Waals surface area contributed by atoms with E-state index in [0.29, 0.717) is 19.6 Å². The Labute approximate surface area is 195 Å². The minimum atomic E-state index is -0.554. The van der Waals surface area contributed by atoms with Gasteiger partial charge < -0.3 is 25.5 Å². The number of aliphatic hydroxyl groups is 2. The zero-order valence-electron chi connectivity index (χ0n) is 19.1. The maximum absolute atomic E-state index is 12.7. The number of pyridine rings is 1. The van der Waals surface area contributed by atoms with Crippen LogP contribution in [0.25, 0.3) is 0 Å². The molecule has 1 heterocycles. The second-order valence-electron chi connectivity index (χ2n) is 7.52. The largest absolute Gasteiger partial charge is 0.508 e. The third-order valence-corrected chi connectivity index (χ3v) is 5.15. The number of nitrogens with zero attached hydrogens (tertiary/aromatic N) is 2. The molecular weight excluding hydrogens is 418 g/mol. The van der Waals surface area contributed by atoms with E-state index in [0.717, 1.165) is 16.7 Å². The minimum absolute atomic E-state index is 0.0528. The molecule has 7 nitrogen and oxygen atoms in total. The zero-order chi connectivity index (χ0) is 24.1. The minimum Gasteiger partial charge on any atom is -0.508 e. The summed E-state index contributed by atoms with van der Waals surface area (Å²) in [5.74, 6) is -0.376. The van der Waals surface area contributed by atoms with E-state index in [1.807, 2.05) is 49.4 Å². The number of carbonyl (C=O) groups is 1. The molecule has 0 bridgehead atoms. The molecule has 1 amide bonds. The van der Waals surface area contributed by atoms with Crippen LogP contribution in [-0.2, 0) is 11.3 Å². The van der Waals surface area contributed by atoms with Gasteiger partial charge in [-0.05, 0) is 54.9 Å². The summed E-state index contributed by atoms with van der Waals surface area (Å²) in [4.78, 5) is 18.4. The molecule has 3 aromatic rings. The molecule has 1 unspecified atom stereocenters. The van der Waals surface area contributed by atoms with Gasteiger partial charge in [-0.2, -0.15) is 0 Å². The predicted octanol–water partition coefficient (Wildman–Crippen LogP) is 2.85. The van der Waals surface area contributed by atoms with Gasteiger partial charge >= 0.3 is 0 Å². The van der Waals surface area contributed by atoms with Crippen molar-refractivity contribution in [3.05, 3.63) is 95.8 Å². The highest BCUT2D eigenvalue weighted by molar-refractivity contribution is 5.83.